The number of rotatable bonds is 4. The minimum atomic E-state index is -0.565. The van der Waals surface area contributed by atoms with Gasteiger partial charge in [-0.05, 0) is 43.5 Å². The zero-order valence-electron chi connectivity index (χ0n) is 9.90. The van der Waals surface area contributed by atoms with Gasteiger partial charge < -0.3 is 9.47 Å². The number of carbonyl (C=O) groups is 1. The molecule has 2 rings (SSSR count). The van der Waals surface area contributed by atoms with Crippen molar-refractivity contribution in [3.8, 4) is 5.75 Å². The maximum Gasteiger partial charge on any atom is 0.347 e. The van der Waals surface area contributed by atoms with Gasteiger partial charge >= 0.3 is 5.97 Å². The molecule has 0 N–H and O–H groups in total. The van der Waals surface area contributed by atoms with E-state index in [1.807, 2.05) is 0 Å². The standard InChI is InChI=1S/C13H15FO3/c1-8-7-10(5-6-11(8)14)17-12(9-3-4-9)13(15)16-2/h5-7,9,12H,3-4H2,1-2H3. The fourth-order valence-corrected chi connectivity index (χ4v) is 1.69. The number of esters is 1. The summed E-state index contributed by atoms with van der Waals surface area (Å²) in [7, 11) is 1.34. The average molecular weight is 238 g/mol. The van der Waals surface area contributed by atoms with E-state index in [1.54, 1.807) is 13.0 Å². The number of halogens is 1. The molecule has 0 spiro atoms. The smallest absolute Gasteiger partial charge is 0.347 e. The van der Waals surface area contributed by atoms with Gasteiger partial charge in [0.1, 0.15) is 11.6 Å². The summed E-state index contributed by atoms with van der Waals surface area (Å²) in [4.78, 5) is 11.5. The number of ether oxygens (including phenoxy) is 2. The molecule has 1 aliphatic rings. The highest BCUT2D eigenvalue weighted by Crippen LogP contribution is 2.35. The molecule has 17 heavy (non-hydrogen) atoms. The van der Waals surface area contributed by atoms with E-state index in [-0.39, 0.29) is 17.7 Å². The van der Waals surface area contributed by atoms with Gasteiger partial charge in [0.2, 0.25) is 0 Å². The zero-order chi connectivity index (χ0) is 12.4. The van der Waals surface area contributed by atoms with Crippen LogP contribution in [0, 0.1) is 18.7 Å². The molecule has 92 valence electrons. The van der Waals surface area contributed by atoms with Crippen molar-refractivity contribution in [1.29, 1.82) is 0 Å². The van der Waals surface area contributed by atoms with Crippen molar-refractivity contribution in [2.45, 2.75) is 25.9 Å². The van der Waals surface area contributed by atoms with Crippen LogP contribution in [0.4, 0.5) is 4.39 Å². The predicted octanol–water partition coefficient (Wildman–Crippen LogP) is 2.46. The van der Waals surface area contributed by atoms with Crippen molar-refractivity contribution < 1.29 is 18.7 Å². The van der Waals surface area contributed by atoms with Crippen molar-refractivity contribution >= 4 is 5.97 Å². The van der Waals surface area contributed by atoms with Gasteiger partial charge in [-0.2, -0.15) is 0 Å². The van der Waals surface area contributed by atoms with Crippen molar-refractivity contribution in [1.82, 2.24) is 0 Å². The molecule has 1 unspecified atom stereocenters. The van der Waals surface area contributed by atoms with Crippen LogP contribution in [0.3, 0.4) is 0 Å². The number of hydrogen-bond acceptors (Lipinski definition) is 3. The number of carbonyl (C=O) groups excluding carboxylic acids is 1. The summed E-state index contributed by atoms with van der Waals surface area (Å²) in [6, 6.07) is 4.46. The second kappa shape index (κ2) is 4.73. The summed E-state index contributed by atoms with van der Waals surface area (Å²) in [5.41, 5.74) is 0.502. The van der Waals surface area contributed by atoms with E-state index in [2.05, 4.69) is 0 Å². The van der Waals surface area contributed by atoms with Gasteiger partial charge in [0.15, 0.2) is 6.10 Å². The molecule has 1 aliphatic carbocycles. The molecule has 4 heteroatoms. The average Bonchev–Trinajstić information content (AvgIpc) is 3.13. The fourth-order valence-electron chi connectivity index (χ4n) is 1.69. The molecule has 0 aromatic heterocycles. The highest BCUT2D eigenvalue weighted by molar-refractivity contribution is 5.75. The first-order valence-corrected chi connectivity index (χ1v) is 5.62. The Morgan fingerprint density at radius 2 is 2.18 bits per heavy atom. The summed E-state index contributed by atoms with van der Waals surface area (Å²) in [6.07, 6.45) is 1.38. The lowest BCUT2D eigenvalue weighted by molar-refractivity contribution is -0.149. The molecule has 1 saturated carbocycles. The van der Waals surface area contributed by atoms with E-state index in [1.165, 1.54) is 19.2 Å². The third-order valence-corrected chi connectivity index (χ3v) is 2.88. The Morgan fingerprint density at radius 3 is 2.71 bits per heavy atom. The van der Waals surface area contributed by atoms with Gasteiger partial charge in [0, 0.05) is 5.92 Å². The van der Waals surface area contributed by atoms with Crippen LogP contribution in [0.2, 0.25) is 0 Å². The topological polar surface area (TPSA) is 35.5 Å². The lowest BCUT2D eigenvalue weighted by atomic mass is 10.2. The van der Waals surface area contributed by atoms with E-state index in [0.717, 1.165) is 12.8 Å². The van der Waals surface area contributed by atoms with Crippen LogP contribution in [0.5, 0.6) is 5.75 Å². The van der Waals surface area contributed by atoms with Crippen LogP contribution >= 0.6 is 0 Å². The number of aryl methyl sites for hydroxylation is 1. The summed E-state index contributed by atoms with van der Waals surface area (Å²) in [5.74, 6) is 0.0897. The van der Waals surface area contributed by atoms with Gasteiger partial charge in [0.25, 0.3) is 0 Å². The van der Waals surface area contributed by atoms with Gasteiger partial charge in [-0.3, -0.25) is 0 Å². The molecule has 1 aromatic rings. The minimum Gasteiger partial charge on any atom is -0.478 e. The third-order valence-electron chi connectivity index (χ3n) is 2.88. The Balaban J connectivity index is 2.11. The van der Waals surface area contributed by atoms with Crippen molar-refractivity contribution in [2.75, 3.05) is 7.11 Å². The summed E-state index contributed by atoms with van der Waals surface area (Å²) in [6.45, 7) is 1.66. The maximum atomic E-state index is 13.1. The minimum absolute atomic E-state index is 0.229. The number of methoxy groups -OCH3 is 1. The molecular weight excluding hydrogens is 223 g/mol. The van der Waals surface area contributed by atoms with Crippen LogP contribution in [0.15, 0.2) is 18.2 Å². The molecule has 0 bridgehead atoms. The first-order valence-electron chi connectivity index (χ1n) is 5.62. The first kappa shape index (κ1) is 11.9. The number of hydrogen-bond donors (Lipinski definition) is 0. The molecule has 0 saturated heterocycles. The van der Waals surface area contributed by atoms with E-state index in [4.69, 9.17) is 9.47 Å². The van der Waals surface area contributed by atoms with E-state index in [0.29, 0.717) is 11.3 Å². The number of benzene rings is 1. The van der Waals surface area contributed by atoms with Crippen molar-refractivity contribution in [2.24, 2.45) is 5.92 Å². The SMILES string of the molecule is COC(=O)C(Oc1ccc(F)c(C)c1)C1CC1. The highest BCUT2D eigenvalue weighted by Gasteiger charge is 2.39. The van der Waals surface area contributed by atoms with Gasteiger partial charge in [0.05, 0.1) is 7.11 Å². The van der Waals surface area contributed by atoms with Crippen LogP contribution in [0.1, 0.15) is 18.4 Å². The molecular formula is C13H15FO3. The van der Waals surface area contributed by atoms with Crippen molar-refractivity contribution in [3.05, 3.63) is 29.6 Å². The highest BCUT2D eigenvalue weighted by atomic mass is 19.1. The lowest BCUT2D eigenvalue weighted by Gasteiger charge is -2.16. The van der Waals surface area contributed by atoms with E-state index >= 15 is 0 Å². The first-order chi connectivity index (χ1) is 8.11. The predicted molar refractivity (Wildman–Crippen MR) is 60.3 cm³/mol. The van der Waals surface area contributed by atoms with Crippen LogP contribution in [0.25, 0.3) is 0 Å². The molecule has 0 aliphatic heterocycles. The molecule has 0 amide bonds. The molecule has 3 nitrogen and oxygen atoms in total. The van der Waals surface area contributed by atoms with Crippen LogP contribution < -0.4 is 4.74 Å². The van der Waals surface area contributed by atoms with E-state index in [9.17, 15) is 9.18 Å². The molecule has 1 aromatic carbocycles. The molecule has 0 radical (unpaired) electrons. The summed E-state index contributed by atoms with van der Waals surface area (Å²) < 4.78 is 23.4. The van der Waals surface area contributed by atoms with Crippen molar-refractivity contribution in [3.63, 3.8) is 0 Å². The van der Waals surface area contributed by atoms with Gasteiger partial charge in [-0.25, -0.2) is 9.18 Å². The molecule has 0 heterocycles. The Labute approximate surface area is 99.5 Å². The summed E-state index contributed by atoms with van der Waals surface area (Å²) in [5, 5.41) is 0. The Bertz CT molecular complexity index is 427. The Morgan fingerprint density at radius 1 is 1.47 bits per heavy atom. The Kier molecular flexibility index (Phi) is 3.31. The van der Waals surface area contributed by atoms with Gasteiger partial charge in [-0.15, -0.1) is 0 Å². The summed E-state index contributed by atoms with van der Waals surface area (Å²) >= 11 is 0. The van der Waals surface area contributed by atoms with Crippen LogP contribution in [-0.2, 0) is 9.53 Å². The third kappa shape index (κ3) is 2.75. The lowest BCUT2D eigenvalue weighted by Crippen LogP contribution is -2.30. The second-order valence-electron chi connectivity index (χ2n) is 4.31. The maximum absolute atomic E-state index is 13.1. The normalized spacial score (nSPS) is 16.4. The fraction of sp³-hybridized carbons (Fsp3) is 0.462. The Hall–Kier alpha value is -1.58. The largest absolute Gasteiger partial charge is 0.478 e. The van der Waals surface area contributed by atoms with Crippen LogP contribution in [-0.4, -0.2) is 19.2 Å². The van der Waals surface area contributed by atoms with E-state index < -0.39 is 6.10 Å². The molecule has 1 atom stereocenters. The second-order valence-corrected chi connectivity index (χ2v) is 4.31. The van der Waals surface area contributed by atoms with Gasteiger partial charge in [-0.1, -0.05) is 0 Å². The monoisotopic (exact) mass is 238 g/mol. The quantitative estimate of drug-likeness (QED) is 0.756. The zero-order valence-corrected chi connectivity index (χ0v) is 9.90. The molecule has 1 fully saturated rings.